The highest BCUT2D eigenvalue weighted by Crippen LogP contribution is 2.32. The summed E-state index contributed by atoms with van der Waals surface area (Å²) in [6.45, 7) is 1.74. The third-order valence-electron chi connectivity index (χ3n) is 6.36. The van der Waals surface area contributed by atoms with Crippen molar-refractivity contribution in [1.82, 2.24) is 14.9 Å². The zero-order chi connectivity index (χ0) is 19.1. The number of hydrogen-bond acceptors (Lipinski definition) is 3. The number of imidazole rings is 1. The molecule has 2 heterocycles. The second-order valence-electron chi connectivity index (χ2n) is 8.02. The Hall–Kier alpha value is -2.82. The number of amides is 1. The van der Waals surface area contributed by atoms with E-state index in [0.29, 0.717) is 0 Å². The molecule has 1 atom stereocenters. The average molecular weight is 374 g/mol. The number of aryl methyl sites for hydroxylation is 2. The van der Waals surface area contributed by atoms with Crippen LogP contribution in [0.1, 0.15) is 36.4 Å². The summed E-state index contributed by atoms with van der Waals surface area (Å²) >= 11 is 0. The van der Waals surface area contributed by atoms with Gasteiger partial charge in [-0.3, -0.25) is 4.79 Å². The SMILES string of the molecule is Cn1c(N2CCC(C(=O)NC3CCc4ccccc43)CC2)nc2ccccc21. The van der Waals surface area contributed by atoms with Gasteiger partial charge in [0.15, 0.2) is 0 Å². The van der Waals surface area contributed by atoms with E-state index >= 15 is 0 Å². The quantitative estimate of drug-likeness (QED) is 0.762. The second-order valence-corrected chi connectivity index (χ2v) is 8.02. The van der Waals surface area contributed by atoms with Crippen molar-refractivity contribution in [3.63, 3.8) is 0 Å². The van der Waals surface area contributed by atoms with Gasteiger partial charge in [0.1, 0.15) is 0 Å². The lowest BCUT2D eigenvalue weighted by atomic mass is 9.95. The first kappa shape index (κ1) is 17.3. The van der Waals surface area contributed by atoms with Gasteiger partial charge in [-0.2, -0.15) is 0 Å². The Morgan fingerprint density at radius 2 is 1.79 bits per heavy atom. The van der Waals surface area contributed by atoms with E-state index in [1.807, 2.05) is 12.1 Å². The molecule has 2 aliphatic rings. The van der Waals surface area contributed by atoms with Crippen molar-refractivity contribution in [2.45, 2.75) is 31.7 Å². The molecule has 1 aliphatic carbocycles. The molecule has 1 fully saturated rings. The number of fused-ring (bicyclic) bond motifs is 2. The predicted octanol–water partition coefficient (Wildman–Crippen LogP) is 3.59. The van der Waals surface area contributed by atoms with Crippen molar-refractivity contribution in [3.8, 4) is 0 Å². The number of para-hydroxylation sites is 2. The molecular weight excluding hydrogens is 348 g/mol. The van der Waals surface area contributed by atoms with Crippen LogP contribution >= 0.6 is 0 Å². The number of aromatic nitrogens is 2. The van der Waals surface area contributed by atoms with Gasteiger partial charge in [-0.1, -0.05) is 36.4 Å². The first-order valence-electron chi connectivity index (χ1n) is 10.3. The summed E-state index contributed by atoms with van der Waals surface area (Å²) in [5.74, 6) is 1.31. The van der Waals surface area contributed by atoms with Gasteiger partial charge in [-0.15, -0.1) is 0 Å². The number of nitrogens with one attached hydrogen (secondary N) is 1. The maximum absolute atomic E-state index is 12.9. The molecule has 1 aliphatic heterocycles. The lowest BCUT2D eigenvalue weighted by Gasteiger charge is -2.32. The molecule has 5 heteroatoms. The van der Waals surface area contributed by atoms with Gasteiger partial charge in [-0.05, 0) is 48.9 Å². The van der Waals surface area contributed by atoms with E-state index < -0.39 is 0 Å². The molecule has 5 rings (SSSR count). The Balaban J connectivity index is 1.23. The number of carbonyl (C=O) groups excluding carboxylic acids is 1. The number of benzene rings is 2. The van der Waals surface area contributed by atoms with Gasteiger partial charge in [0, 0.05) is 26.1 Å². The third kappa shape index (κ3) is 2.95. The van der Waals surface area contributed by atoms with Crippen LogP contribution in [-0.4, -0.2) is 28.5 Å². The summed E-state index contributed by atoms with van der Waals surface area (Å²) in [6, 6.07) is 16.9. The van der Waals surface area contributed by atoms with E-state index in [1.54, 1.807) is 0 Å². The van der Waals surface area contributed by atoms with Crippen molar-refractivity contribution in [2.75, 3.05) is 18.0 Å². The number of piperidine rings is 1. The highest BCUT2D eigenvalue weighted by molar-refractivity contribution is 5.80. The van der Waals surface area contributed by atoms with E-state index in [0.717, 1.165) is 55.8 Å². The topological polar surface area (TPSA) is 50.2 Å². The Labute approximate surface area is 165 Å². The molecule has 0 spiro atoms. The van der Waals surface area contributed by atoms with Crippen molar-refractivity contribution >= 4 is 22.9 Å². The fourth-order valence-corrected chi connectivity index (χ4v) is 4.75. The lowest BCUT2D eigenvalue weighted by molar-refractivity contribution is -0.126. The molecule has 2 aromatic carbocycles. The maximum Gasteiger partial charge on any atom is 0.223 e. The van der Waals surface area contributed by atoms with Crippen LogP contribution in [0.4, 0.5) is 5.95 Å². The highest BCUT2D eigenvalue weighted by atomic mass is 16.2. The average Bonchev–Trinajstić information content (AvgIpc) is 3.30. The number of anilines is 1. The molecule has 5 nitrogen and oxygen atoms in total. The van der Waals surface area contributed by atoms with E-state index in [2.05, 4.69) is 58.2 Å². The monoisotopic (exact) mass is 374 g/mol. The Kier molecular flexibility index (Phi) is 4.30. The number of carbonyl (C=O) groups is 1. The van der Waals surface area contributed by atoms with Crippen LogP contribution < -0.4 is 10.2 Å². The zero-order valence-electron chi connectivity index (χ0n) is 16.3. The first-order chi connectivity index (χ1) is 13.7. The van der Waals surface area contributed by atoms with Crippen LogP contribution in [0.15, 0.2) is 48.5 Å². The molecule has 3 aromatic rings. The van der Waals surface area contributed by atoms with E-state index in [-0.39, 0.29) is 17.9 Å². The summed E-state index contributed by atoms with van der Waals surface area (Å²) in [7, 11) is 2.07. The molecule has 0 saturated carbocycles. The molecular formula is C23H26N4O. The Bertz CT molecular complexity index is 1020. The van der Waals surface area contributed by atoms with Gasteiger partial charge in [0.25, 0.3) is 0 Å². The molecule has 1 aromatic heterocycles. The zero-order valence-corrected chi connectivity index (χ0v) is 16.3. The molecule has 1 saturated heterocycles. The molecule has 1 unspecified atom stereocenters. The van der Waals surface area contributed by atoms with Crippen LogP contribution in [0, 0.1) is 5.92 Å². The predicted molar refractivity (Wildman–Crippen MR) is 111 cm³/mol. The van der Waals surface area contributed by atoms with E-state index in [4.69, 9.17) is 4.98 Å². The number of nitrogens with zero attached hydrogens (tertiary/aromatic N) is 3. The van der Waals surface area contributed by atoms with Crippen molar-refractivity contribution in [3.05, 3.63) is 59.7 Å². The fraction of sp³-hybridized carbons (Fsp3) is 0.391. The summed E-state index contributed by atoms with van der Waals surface area (Å²) < 4.78 is 2.16. The number of hydrogen-bond donors (Lipinski definition) is 1. The standard InChI is InChI=1S/C23H26N4O/c1-26-21-9-5-4-8-20(21)25-23(26)27-14-12-17(13-15-27)22(28)24-19-11-10-16-6-2-3-7-18(16)19/h2-9,17,19H,10-15H2,1H3,(H,24,28). The van der Waals surface area contributed by atoms with E-state index in [9.17, 15) is 4.79 Å². The van der Waals surface area contributed by atoms with Crippen molar-refractivity contribution in [2.24, 2.45) is 13.0 Å². The summed E-state index contributed by atoms with van der Waals surface area (Å²) in [5, 5.41) is 3.31. The second kappa shape index (κ2) is 6.97. The maximum atomic E-state index is 12.9. The highest BCUT2D eigenvalue weighted by Gasteiger charge is 2.30. The van der Waals surface area contributed by atoms with Crippen LogP contribution in [0.3, 0.4) is 0 Å². The molecule has 0 radical (unpaired) electrons. The van der Waals surface area contributed by atoms with Gasteiger partial charge in [-0.25, -0.2) is 4.98 Å². The van der Waals surface area contributed by atoms with Gasteiger partial charge >= 0.3 is 0 Å². The number of rotatable bonds is 3. The largest absolute Gasteiger partial charge is 0.349 e. The van der Waals surface area contributed by atoms with Crippen LogP contribution in [0.25, 0.3) is 11.0 Å². The summed E-state index contributed by atoms with van der Waals surface area (Å²) in [6.07, 6.45) is 3.84. The minimum absolute atomic E-state index is 0.0960. The normalized spacial score (nSPS) is 19.8. The molecule has 144 valence electrons. The van der Waals surface area contributed by atoms with E-state index in [1.165, 1.54) is 11.1 Å². The Morgan fingerprint density at radius 3 is 2.61 bits per heavy atom. The smallest absolute Gasteiger partial charge is 0.223 e. The third-order valence-corrected chi connectivity index (χ3v) is 6.36. The van der Waals surface area contributed by atoms with Crippen LogP contribution in [0.2, 0.25) is 0 Å². The van der Waals surface area contributed by atoms with Gasteiger partial charge < -0.3 is 14.8 Å². The Morgan fingerprint density at radius 1 is 1.04 bits per heavy atom. The summed E-state index contributed by atoms with van der Waals surface area (Å²) in [5.41, 5.74) is 4.86. The van der Waals surface area contributed by atoms with Gasteiger partial charge in [0.2, 0.25) is 11.9 Å². The van der Waals surface area contributed by atoms with Crippen molar-refractivity contribution in [1.29, 1.82) is 0 Å². The first-order valence-corrected chi connectivity index (χ1v) is 10.3. The minimum Gasteiger partial charge on any atom is -0.349 e. The molecule has 1 amide bonds. The van der Waals surface area contributed by atoms with Crippen LogP contribution in [-0.2, 0) is 18.3 Å². The minimum atomic E-state index is 0.0960. The fourth-order valence-electron chi connectivity index (χ4n) is 4.75. The van der Waals surface area contributed by atoms with Crippen LogP contribution in [0.5, 0.6) is 0 Å². The molecule has 28 heavy (non-hydrogen) atoms. The lowest BCUT2D eigenvalue weighted by Crippen LogP contribution is -2.42. The molecule has 1 N–H and O–H groups in total. The van der Waals surface area contributed by atoms with Gasteiger partial charge in [0.05, 0.1) is 17.1 Å². The summed E-state index contributed by atoms with van der Waals surface area (Å²) in [4.78, 5) is 20.0. The molecule has 0 bridgehead atoms. The van der Waals surface area contributed by atoms with Crippen molar-refractivity contribution < 1.29 is 4.79 Å².